The van der Waals surface area contributed by atoms with Gasteiger partial charge in [-0.05, 0) is 39.0 Å². The first-order chi connectivity index (χ1) is 11.9. The summed E-state index contributed by atoms with van der Waals surface area (Å²) in [6, 6.07) is 5.78. The van der Waals surface area contributed by atoms with Crippen molar-refractivity contribution in [3.05, 3.63) is 59.4 Å². The summed E-state index contributed by atoms with van der Waals surface area (Å²) >= 11 is 0. The van der Waals surface area contributed by atoms with Gasteiger partial charge in [-0.15, -0.1) is 0 Å². The standard InChI is InChI=1S/C19H24N4O2/c1-13-8-17(14(2)25-13)19(3,24)12-21-10-16-11-23(4)22-18(16)15-6-5-7-20-9-15/h5-9,11,21,24H,10,12H2,1-4H3. The maximum Gasteiger partial charge on any atom is 0.107 e. The molecule has 1 unspecified atom stereocenters. The Labute approximate surface area is 147 Å². The van der Waals surface area contributed by atoms with Crippen molar-refractivity contribution in [2.45, 2.75) is 32.9 Å². The van der Waals surface area contributed by atoms with E-state index in [-0.39, 0.29) is 0 Å². The summed E-state index contributed by atoms with van der Waals surface area (Å²) in [5, 5.41) is 18.7. The number of rotatable bonds is 6. The van der Waals surface area contributed by atoms with Crippen LogP contribution in [0.1, 0.15) is 29.6 Å². The summed E-state index contributed by atoms with van der Waals surface area (Å²) in [5.41, 5.74) is 2.76. The normalized spacial score (nSPS) is 13.8. The molecule has 0 aliphatic rings. The van der Waals surface area contributed by atoms with Crippen molar-refractivity contribution in [1.82, 2.24) is 20.1 Å². The van der Waals surface area contributed by atoms with Crippen LogP contribution in [0.3, 0.4) is 0 Å². The molecule has 6 heteroatoms. The van der Waals surface area contributed by atoms with Crippen LogP contribution in [0.4, 0.5) is 0 Å². The molecule has 0 saturated carbocycles. The summed E-state index contributed by atoms with van der Waals surface area (Å²) < 4.78 is 7.33. The average molecular weight is 340 g/mol. The van der Waals surface area contributed by atoms with Crippen molar-refractivity contribution in [3.8, 4) is 11.3 Å². The number of nitrogens with zero attached hydrogens (tertiary/aromatic N) is 3. The smallest absolute Gasteiger partial charge is 0.107 e. The van der Waals surface area contributed by atoms with E-state index in [1.165, 1.54) is 0 Å². The van der Waals surface area contributed by atoms with E-state index in [9.17, 15) is 5.11 Å². The highest BCUT2D eigenvalue weighted by atomic mass is 16.3. The van der Waals surface area contributed by atoms with Gasteiger partial charge in [0.15, 0.2) is 0 Å². The topological polar surface area (TPSA) is 76.1 Å². The highest BCUT2D eigenvalue weighted by molar-refractivity contribution is 5.61. The molecule has 3 heterocycles. The highest BCUT2D eigenvalue weighted by Crippen LogP contribution is 2.27. The second-order valence-electron chi connectivity index (χ2n) is 6.62. The van der Waals surface area contributed by atoms with Gasteiger partial charge in [-0.1, -0.05) is 0 Å². The monoisotopic (exact) mass is 340 g/mol. The van der Waals surface area contributed by atoms with Crippen LogP contribution >= 0.6 is 0 Å². The molecule has 1 atom stereocenters. The second-order valence-corrected chi connectivity index (χ2v) is 6.62. The number of nitrogens with one attached hydrogen (secondary N) is 1. The molecule has 25 heavy (non-hydrogen) atoms. The molecule has 0 aliphatic heterocycles. The number of aryl methyl sites for hydroxylation is 3. The summed E-state index contributed by atoms with van der Waals surface area (Å²) in [6.07, 6.45) is 5.54. The third-order valence-electron chi connectivity index (χ3n) is 4.25. The van der Waals surface area contributed by atoms with Gasteiger partial charge in [-0.25, -0.2) is 0 Å². The van der Waals surface area contributed by atoms with E-state index in [4.69, 9.17) is 4.42 Å². The van der Waals surface area contributed by atoms with Gasteiger partial charge >= 0.3 is 0 Å². The Morgan fingerprint density at radius 1 is 1.36 bits per heavy atom. The molecular weight excluding hydrogens is 316 g/mol. The first-order valence-corrected chi connectivity index (χ1v) is 8.30. The fraction of sp³-hybridized carbons (Fsp3) is 0.368. The Morgan fingerprint density at radius 2 is 2.16 bits per heavy atom. The molecule has 0 spiro atoms. The molecule has 0 fully saturated rings. The Hall–Kier alpha value is -2.44. The summed E-state index contributed by atoms with van der Waals surface area (Å²) in [6.45, 7) is 6.56. The van der Waals surface area contributed by atoms with Gasteiger partial charge in [0.05, 0.1) is 5.69 Å². The number of aromatic nitrogens is 3. The largest absolute Gasteiger partial charge is 0.466 e. The van der Waals surface area contributed by atoms with Crippen LogP contribution in [0.2, 0.25) is 0 Å². The van der Waals surface area contributed by atoms with Crippen molar-refractivity contribution in [2.75, 3.05) is 6.54 Å². The van der Waals surface area contributed by atoms with E-state index in [0.717, 1.165) is 33.9 Å². The molecule has 3 aromatic rings. The lowest BCUT2D eigenvalue weighted by atomic mass is 9.96. The van der Waals surface area contributed by atoms with Gasteiger partial charge in [0.25, 0.3) is 0 Å². The fourth-order valence-corrected chi connectivity index (χ4v) is 3.11. The first kappa shape index (κ1) is 17.4. The molecule has 3 rings (SSSR count). The van der Waals surface area contributed by atoms with Crippen LogP contribution in [-0.2, 0) is 19.2 Å². The van der Waals surface area contributed by atoms with Crippen molar-refractivity contribution in [1.29, 1.82) is 0 Å². The Bertz CT molecular complexity index is 850. The van der Waals surface area contributed by atoms with Crippen LogP contribution in [0.15, 0.2) is 41.2 Å². The van der Waals surface area contributed by atoms with E-state index in [0.29, 0.717) is 13.1 Å². The number of furan rings is 1. The predicted molar refractivity (Wildman–Crippen MR) is 95.9 cm³/mol. The summed E-state index contributed by atoms with van der Waals surface area (Å²) in [7, 11) is 1.90. The van der Waals surface area contributed by atoms with Crippen LogP contribution < -0.4 is 5.32 Å². The number of aliphatic hydroxyl groups is 1. The van der Waals surface area contributed by atoms with Crippen LogP contribution in [0, 0.1) is 13.8 Å². The van der Waals surface area contributed by atoms with Crippen LogP contribution in [0.25, 0.3) is 11.3 Å². The van der Waals surface area contributed by atoms with Gasteiger partial charge in [0, 0.05) is 55.4 Å². The van der Waals surface area contributed by atoms with Gasteiger partial charge in [0.2, 0.25) is 0 Å². The molecule has 0 aromatic carbocycles. The molecule has 6 nitrogen and oxygen atoms in total. The molecule has 0 aliphatic carbocycles. The summed E-state index contributed by atoms with van der Waals surface area (Å²) in [5.74, 6) is 1.56. The quantitative estimate of drug-likeness (QED) is 0.721. The van der Waals surface area contributed by atoms with Crippen molar-refractivity contribution < 1.29 is 9.52 Å². The lowest BCUT2D eigenvalue weighted by molar-refractivity contribution is 0.0552. The summed E-state index contributed by atoms with van der Waals surface area (Å²) in [4.78, 5) is 4.16. The van der Waals surface area contributed by atoms with E-state index >= 15 is 0 Å². The number of pyridine rings is 1. The molecule has 0 saturated heterocycles. The molecule has 132 valence electrons. The van der Waals surface area contributed by atoms with Gasteiger partial charge in [-0.3, -0.25) is 9.67 Å². The first-order valence-electron chi connectivity index (χ1n) is 8.30. The number of hydrogen-bond donors (Lipinski definition) is 2. The minimum atomic E-state index is -1.00. The van der Waals surface area contributed by atoms with E-state index in [1.54, 1.807) is 24.0 Å². The maximum atomic E-state index is 10.8. The molecule has 2 N–H and O–H groups in total. The molecule has 0 radical (unpaired) electrons. The minimum absolute atomic E-state index is 0.411. The fourth-order valence-electron chi connectivity index (χ4n) is 3.11. The lowest BCUT2D eigenvalue weighted by Crippen LogP contribution is -2.35. The number of hydrogen-bond acceptors (Lipinski definition) is 5. The minimum Gasteiger partial charge on any atom is -0.466 e. The van der Waals surface area contributed by atoms with E-state index < -0.39 is 5.60 Å². The zero-order valence-corrected chi connectivity index (χ0v) is 15.1. The average Bonchev–Trinajstić information content (AvgIpc) is 3.10. The molecule has 0 amide bonds. The predicted octanol–water partition coefficient (Wildman–Crippen LogP) is 2.69. The third kappa shape index (κ3) is 3.81. The second kappa shape index (κ2) is 6.82. The highest BCUT2D eigenvalue weighted by Gasteiger charge is 2.27. The van der Waals surface area contributed by atoms with Gasteiger partial charge in [-0.2, -0.15) is 5.10 Å². The lowest BCUT2D eigenvalue weighted by Gasteiger charge is -2.23. The maximum absolute atomic E-state index is 10.8. The Morgan fingerprint density at radius 3 is 2.80 bits per heavy atom. The Balaban J connectivity index is 1.71. The Kier molecular flexibility index (Phi) is 4.74. The molecule has 0 bridgehead atoms. The van der Waals surface area contributed by atoms with Gasteiger partial charge in [0.1, 0.15) is 17.1 Å². The van der Waals surface area contributed by atoms with E-state index in [1.807, 2.05) is 45.3 Å². The SMILES string of the molecule is Cc1cc(C(C)(O)CNCc2cn(C)nc2-c2cccnc2)c(C)o1. The van der Waals surface area contributed by atoms with Crippen molar-refractivity contribution in [2.24, 2.45) is 7.05 Å². The zero-order chi connectivity index (χ0) is 18.0. The van der Waals surface area contributed by atoms with Crippen LogP contribution in [0.5, 0.6) is 0 Å². The molecular formula is C19H24N4O2. The van der Waals surface area contributed by atoms with Crippen LogP contribution in [-0.4, -0.2) is 26.4 Å². The van der Waals surface area contributed by atoms with Gasteiger partial charge < -0.3 is 14.8 Å². The van der Waals surface area contributed by atoms with Crippen molar-refractivity contribution in [3.63, 3.8) is 0 Å². The van der Waals surface area contributed by atoms with Crippen molar-refractivity contribution >= 4 is 0 Å². The molecule has 3 aromatic heterocycles. The van der Waals surface area contributed by atoms with E-state index in [2.05, 4.69) is 15.4 Å². The third-order valence-corrected chi connectivity index (χ3v) is 4.25. The zero-order valence-electron chi connectivity index (χ0n) is 15.1.